The minimum absolute atomic E-state index is 0.0116. The number of benzene rings is 2. The van der Waals surface area contributed by atoms with Crippen molar-refractivity contribution in [1.29, 1.82) is 0 Å². The van der Waals surface area contributed by atoms with Crippen LogP contribution in [0.2, 0.25) is 0 Å². The van der Waals surface area contributed by atoms with E-state index in [1.54, 1.807) is 17.4 Å². The van der Waals surface area contributed by atoms with E-state index in [0.717, 1.165) is 45.4 Å². The van der Waals surface area contributed by atoms with Gasteiger partial charge in [0.15, 0.2) is 0 Å². The molecule has 2 amide bonds. The van der Waals surface area contributed by atoms with E-state index in [1.165, 1.54) is 10.4 Å². The van der Waals surface area contributed by atoms with E-state index >= 15 is 0 Å². The second-order valence-corrected chi connectivity index (χ2v) is 9.50. The molecule has 0 saturated carbocycles. The first-order valence-corrected chi connectivity index (χ1v) is 12.5. The number of anilines is 1. The quantitative estimate of drug-likeness (QED) is 0.510. The van der Waals surface area contributed by atoms with Crippen LogP contribution in [-0.2, 0) is 17.8 Å². The Hall–Kier alpha value is -2.96. The number of hydrogen-bond acceptors (Lipinski definition) is 4. The zero-order chi connectivity index (χ0) is 22.9. The number of carbonyl (C=O) groups excluding carboxylic acids is 2. The first-order valence-electron chi connectivity index (χ1n) is 11.7. The van der Waals surface area contributed by atoms with Crippen LogP contribution < -0.4 is 5.32 Å². The van der Waals surface area contributed by atoms with Crippen molar-refractivity contribution < 1.29 is 9.59 Å². The van der Waals surface area contributed by atoms with E-state index in [9.17, 15) is 9.59 Å². The van der Waals surface area contributed by atoms with E-state index in [4.69, 9.17) is 0 Å². The molecule has 1 aliphatic rings. The molecule has 172 valence electrons. The average Bonchev–Trinajstić information content (AvgIpc) is 3.24. The van der Waals surface area contributed by atoms with Crippen LogP contribution in [0.25, 0.3) is 0 Å². The number of aryl methyl sites for hydroxylation is 1. The lowest BCUT2D eigenvalue weighted by molar-refractivity contribution is -0.116. The van der Waals surface area contributed by atoms with Gasteiger partial charge < -0.3 is 10.2 Å². The second kappa shape index (κ2) is 11.8. The van der Waals surface area contributed by atoms with Crippen LogP contribution in [0.15, 0.2) is 72.1 Å². The van der Waals surface area contributed by atoms with Crippen LogP contribution in [0, 0.1) is 0 Å². The molecule has 1 aromatic heterocycles. The summed E-state index contributed by atoms with van der Waals surface area (Å²) in [6.07, 6.45) is 3.16. The maximum absolute atomic E-state index is 13.2. The average molecular weight is 462 g/mol. The van der Waals surface area contributed by atoms with Crippen LogP contribution in [0.5, 0.6) is 0 Å². The molecule has 0 unspecified atom stereocenters. The topological polar surface area (TPSA) is 52.7 Å². The molecule has 2 heterocycles. The van der Waals surface area contributed by atoms with E-state index in [-0.39, 0.29) is 11.8 Å². The third-order valence-corrected chi connectivity index (χ3v) is 6.86. The third kappa shape index (κ3) is 7.01. The normalized spacial score (nSPS) is 14.6. The largest absolute Gasteiger partial charge is 0.337 e. The van der Waals surface area contributed by atoms with Crippen LogP contribution in [0.1, 0.15) is 40.1 Å². The SMILES string of the molecule is O=C(CCCc1cccs1)Nc1cccc(C(=O)N2CCCN(Cc3ccccc3)CC2)c1. The predicted molar refractivity (Wildman–Crippen MR) is 135 cm³/mol. The molecule has 2 aromatic carbocycles. The van der Waals surface area contributed by atoms with Crippen molar-refractivity contribution >= 4 is 28.8 Å². The molecule has 3 aromatic rings. The molecular weight excluding hydrogens is 430 g/mol. The number of thiophene rings is 1. The summed E-state index contributed by atoms with van der Waals surface area (Å²) in [6, 6.07) is 21.9. The monoisotopic (exact) mass is 461 g/mol. The molecule has 1 N–H and O–H groups in total. The van der Waals surface area contributed by atoms with Gasteiger partial charge in [-0.25, -0.2) is 0 Å². The molecule has 33 heavy (non-hydrogen) atoms. The summed E-state index contributed by atoms with van der Waals surface area (Å²) in [4.78, 5) is 31.2. The van der Waals surface area contributed by atoms with Crippen molar-refractivity contribution in [3.63, 3.8) is 0 Å². The fraction of sp³-hybridized carbons (Fsp3) is 0.333. The van der Waals surface area contributed by atoms with Gasteiger partial charge in [0.2, 0.25) is 5.91 Å². The fourth-order valence-corrected chi connectivity index (χ4v) is 4.94. The Labute approximate surface area is 200 Å². The Balaban J connectivity index is 1.28. The maximum Gasteiger partial charge on any atom is 0.253 e. The van der Waals surface area contributed by atoms with Gasteiger partial charge in [-0.15, -0.1) is 11.3 Å². The molecule has 1 fully saturated rings. The predicted octanol–water partition coefficient (Wildman–Crippen LogP) is 5.06. The summed E-state index contributed by atoms with van der Waals surface area (Å²) in [5, 5.41) is 5.01. The Kier molecular flexibility index (Phi) is 8.28. The molecule has 6 heteroatoms. The highest BCUT2D eigenvalue weighted by Crippen LogP contribution is 2.17. The van der Waals surface area contributed by atoms with Gasteiger partial charge in [-0.2, -0.15) is 0 Å². The van der Waals surface area contributed by atoms with E-state index in [1.807, 2.05) is 35.2 Å². The van der Waals surface area contributed by atoms with Gasteiger partial charge in [0, 0.05) is 55.3 Å². The Morgan fingerprint density at radius 2 is 1.79 bits per heavy atom. The molecular formula is C27H31N3O2S. The molecule has 1 aliphatic heterocycles. The zero-order valence-electron chi connectivity index (χ0n) is 18.9. The van der Waals surface area contributed by atoms with Crippen LogP contribution in [-0.4, -0.2) is 47.8 Å². The van der Waals surface area contributed by atoms with Gasteiger partial charge >= 0.3 is 0 Å². The Bertz CT molecular complexity index is 1040. The summed E-state index contributed by atoms with van der Waals surface area (Å²) in [5.74, 6) is 0.0211. The zero-order valence-corrected chi connectivity index (χ0v) is 19.7. The van der Waals surface area contributed by atoms with Crippen LogP contribution in [0.4, 0.5) is 5.69 Å². The number of nitrogens with zero attached hydrogens (tertiary/aromatic N) is 2. The van der Waals surface area contributed by atoms with E-state index in [0.29, 0.717) is 24.2 Å². The number of rotatable bonds is 8. The molecule has 4 rings (SSSR count). The number of nitrogens with one attached hydrogen (secondary N) is 1. The van der Waals surface area contributed by atoms with Gasteiger partial charge in [0.1, 0.15) is 0 Å². The summed E-state index contributed by atoms with van der Waals surface area (Å²) in [5.41, 5.74) is 2.61. The lowest BCUT2D eigenvalue weighted by Crippen LogP contribution is -2.35. The highest BCUT2D eigenvalue weighted by Gasteiger charge is 2.20. The smallest absolute Gasteiger partial charge is 0.253 e. The first kappa shape index (κ1) is 23.2. The van der Waals surface area contributed by atoms with Crippen molar-refractivity contribution in [3.05, 3.63) is 88.1 Å². The van der Waals surface area contributed by atoms with Crippen molar-refractivity contribution in [1.82, 2.24) is 9.80 Å². The Morgan fingerprint density at radius 3 is 2.61 bits per heavy atom. The molecule has 0 spiro atoms. The lowest BCUT2D eigenvalue weighted by Gasteiger charge is -2.22. The second-order valence-electron chi connectivity index (χ2n) is 8.47. The van der Waals surface area contributed by atoms with Gasteiger partial charge in [0.05, 0.1) is 0 Å². The summed E-state index contributed by atoms with van der Waals surface area (Å²) in [7, 11) is 0. The summed E-state index contributed by atoms with van der Waals surface area (Å²) < 4.78 is 0. The molecule has 0 bridgehead atoms. The molecule has 0 radical (unpaired) electrons. The highest BCUT2D eigenvalue weighted by molar-refractivity contribution is 7.09. The van der Waals surface area contributed by atoms with Crippen LogP contribution in [0.3, 0.4) is 0 Å². The maximum atomic E-state index is 13.2. The van der Waals surface area contributed by atoms with Gasteiger partial charge in [-0.05, 0) is 54.5 Å². The number of amides is 2. The van der Waals surface area contributed by atoms with Crippen molar-refractivity contribution in [2.75, 3.05) is 31.5 Å². The number of carbonyl (C=O) groups is 2. The van der Waals surface area contributed by atoms with Crippen molar-refractivity contribution in [2.24, 2.45) is 0 Å². The fourth-order valence-electron chi connectivity index (χ4n) is 4.19. The number of hydrogen-bond donors (Lipinski definition) is 1. The summed E-state index contributed by atoms with van der Waals surface area (Å²) >= 11 is 1.72. The van der Waals surface area contributed by atoms with E-state index < -0.39 is 0 Å². The third-order valence-electron chi connectivity index (χ3n) is 5.93. The van der Waals surface area contributed by atoms with Crippen molar-refractivity contribution in [3.8, 4) is 0 Å². The Morgan fingerprint density at radius 1 is 0.909 bits per heavy atom. The molecule has 5 nitrogen and oxygen atoms in total. The molecule has 1 saturated heterocycles. The van der Waals surface area contributed by atoms with Gasteiger partial charge in [-0.1, -0.05) is 42.5 Å². The first-order chi connectivity index (χ1) is 16.2. The summed E-state index contributed by atoms with van der Waals surface area (Å²) in [6.45, 7) is 4.23. The standard InChI is InChI=1S/C27H31N3O2S/c31-26(14-5-12-25-13-6-19-33-25)28-24-11-4-10-23(20-24)27(32)30-16-7-15-29(17-18-30)21-22-8-2-1-3-9-22/h1-4,6,8-11,13,19-20H,5,7,12,14-18,21H2,(H,28,31). The lowest BCUT2D eigenvalue weighted by atomic mass is 10.1. The molecule has 0 atom stereocenters. The van der Waals surface area contributed by atoms with Crippen molar-refractivity contribution in [2.45, 2.75) is 32.2 Å². The van der Waals surface area contributed by atoms with Gasteiger partial charge in [-0.3, -0.25) is 14.5 Å². The van der Waals surface area contributed by atoms with Gasteiger partial charge in [0.25, 0.3) is 5.91 Å². The van der Waals surface area contributed by atoms with E-state index in [2.05, 4.69) is 45.9 Å². The highest BCUT2D eigenvalue weighted by atomic mass is 32.1. The van der Waals surface area contributed by atoms with Crippen LogP contribution >= 0.6 is 11.3 Å². The molecule has 0 aliphatic carbocycles. The minimum Gasteiger partial charge on any atom is -0.337 e. The minimum atomic E-state index is -0.0116.